The number of oxime groups is 1. The monoisotopic (exact) mass is 276 g/mol. The molecule has 3 N–H and O–H groups in total. The molecular formula is C15H24N4O. The largest absolute Gasteiger partial charge is 0.409 e. The highest BCUT2D eigenvalue weighted by molar-refractivity contribution is 6.03. The van der Waals surface area contributed by atoms with E-state index in [1.165, 1.54) is 6.42 Å². The molecule has 0 aromatic carbocycles. The average molecular weight is 276 g/mol. The van der Waals surface area contributed by atoms with Crippen LogP contribution in [-0.4, -0.2) is 29.1 Å². The summed E-state index contributed by atoms with van der Waals surface area (Å²) in [5, 5.41) is 12.2. The van der Waals surface area contributed by atoms with Gasteiger partial charge < -0.3 is 15.8 Å². The van der Waals surface area contributed by atoms with E-state index in [4.69, 9.17) is 10.9 Å². The summed E-state index contributed by atoms with van der Waals surface area (Å²) in [5.41, 5.74) is 9.40. The first-order chi connectivity index (χ1) is 9.43. The zero-order valence-electron chi connectivity index (χ0n) is 12.7. The van der Waals surface area contributed by atoms with Gasteiger partial charge in [0.2, 0.25) is 0 Å². The van der Waals surface area contributed by atoms with Crippen molar-refractivity contribution in [2.75, 3.05) is 18.0 Å². The van der Waals surface area contributed by atoms with Crippen LogP contribution in [0.15, 0.2) is 11.2 Å². The normalized spacial score (nSPS) is 19.9. The first-order valence-electron chi connectivity index (χ1n) is 7.15. The van der Waals surface area contributed by atoms with E-state index in [0.29, 0.717) is 11.8 Å². The molecule has 1 aliphatic rings. The van der Waals surface area contributed by atoms with E-state index >= 15 is 0 Å². The Labute approximate surface area is 120 Å². The fourth-order valence-corrected chi connectivity index (χ4v) is 2.97. The number of amidine groups is 1. The van der Waals surface area contributed by atoms with E-state index in [-0.39, 0.29) is 5.84 Å². The van der Waals surface area contributed by atoms with Gasteiger partial charge in [-0.2, -0.15) is 0 Å². The van der Waals surface area contributed by atoms with Gasteiger partial charge in [-0.1, -0.05) is 19.0 Å². The Balaban J connectivity index is 2.41. The van der Waals surface area contributed by atoms with Crippen LogP contribution < -0.4 is 10.6 Å². The molecule has 1 unspecified atom stereocenters. The second kappa shape index (κ2) is 5.69. The van der Waals surface area contributed by atoms with Gasteiger partial charge in [-0.3, -0.25) is 4.98 Å². The number of anilines is 1. The molecular weight excluding hydrogens is 252 g/mol. The first-order valence-corrected chi connectivity index (χ1v) is 7.15. The molecule has 0 spiro atoms. The van der Waals surface area contributed by atoms with Crippen LogP contribution in [0.3, 0.4) is 0 Å². The van der Waals surface area contributed by atoms with Gasteiger partial charge in [0.1, 0.15) is 0 Å². The highest BCUT2D eigenvalue weighted by atomic mass is 16.4. The van der Waals surface area contributed by atoms with Crippen molar-refractivity contribution in [3.05, 3.63) is 23.0 Å². The van der Waals surface area contributed by atoms with Gasteiger partial charge in [0, 0.05) is 18.8 Å². The highest BCUT2D eigenvalue weighted by Crippen LogP contribution is 2.31. The zero-order valence-corrected chi connectivity index (χ0v) is 12.7. The number of aromatic nitrogens is 1. The van der Waals surface area contributed by atoms with Gasteiger partial charge in [-0.15, -0.1) is 0 Å². The molecule has 1 saturated heterocycles. The van der Waals surface area contributed by atoms with Crippen molar-refractivity contribution in [1.82, 2.24) is 4.98 Å². The summed E-state index contributed by atoms with van der Waals surface area (Å²) in [7, 11) is 0. The third kappa shape index (κ3) is 2.71. The van der Waals surface area contributed by atoms with Gasteiger partial charge in [0.15, 0.2) is 5.84 Å². The molecule has 2 rings (SSSR count). The molecule has 0 aliphatic carbocycles. The van der Waals surface area contributed by atoms with E-state index in [9.17, 15) is 0 Å². The summed E-state index contributed by atoms with van der Waals surface area (Å²) in [6.07, 6.45) is 1.19. The fourth-order valence-electron chi connectivity index (χ4n) is 2.97. The van der Waals surface area contributed by atoms with Crippen LogP contribution >= 0.6 is 0 Å². The number of nitrogens with two attached hydrogens (primary N) is 1. The van der Waals surface area contributed by atoms with E-state index in [1.54, 1.807) is 0 Å². The van der Waals surface area contributed by atoms with Crippen LogP contribution in [0.5, 0.6) is 0 Å². The van der Waals surface area contributed by atoms with Crippen molar-refractivity contribution in [3.8, 4) is 0 Å². The fraction of sp³-hybridized carbons (Fsp3) is 0.600. The summed E-state index contributed by atoms with van der Waals surface area (Å²) < 4.78 is 0. The van der Waals surface area contributed by atoms with Gasteiger partial charge in [0.05, 0.1) is 16.9 Å². The summed E-state index contributed by atoms with van der Waals surface area (Å²) in [6, 6.07) is 2.03. The van der Waals surface area contributed by atoms with Crippen LogP contribution in [0.25, 0.3) is 0 Å². The Kier molecular flexibility index (Phi) is 4.16. The molecule has 1 aromatic rings. The third-order valence-corrected chi connectivity index (χ3v) is 4.18. The third-order valence-electron chi connectivity index (χ3n) is 4.18. The minimum Gasteiger partial charge on any atom is -0.409 e. The number of pyridine rings is 1. The summed E-state index contributed by atoms with van der Waals surface area (Å²) in [6.45, 7) is 10.4. The predicted octanol–water partition coefficient (Wildman–Crippen LogP) is 2.28. The maximum Gasteiger partial charge on any atom is 0.174 e. The molecule has 110 valence electrons. The lowest BCUT2D eigenvalue weighted by Gasteiger charge is -2.24. The molecule has 0 amide bonds. The number of hydrogen-bond donors (Lipinski definition) is 2. The Morgan fingerprint density at radius 2 is 2.20 bits per heavy atom. The number of hydrogen-bond acceptors (Lipinski definition) is 4. The average Bonchev–Trinajstić information content (AvgIpc) is 2.86. The summed E-state index contributed by atoms with van der Waals surface area (Å²) >= 11 is 0. The number of rotatable bonds is 3. The predicted molar refractivity (Wildman–Crippen MR) is 81.4 cm³/mol. The summed E-state index contributed by atoms with van der Waals surface area (Å²) in [5.74, 6) is 1.51. The minimum atomic E-state index is 0.137. The van der Waals surface area contributed by atoms with Crippen molar-refractivity contribution in [1.29, 1.82) is 0 Å². The molecule has 1 aromatic heterocycles. The van der Waals surface area contributed by atoms with E-state index < -0.39 is 0 Å². The van der Waals surface area contributed by atoms with Crippen LogP contribution in [0, 0.1) is 25.7 Å². The first kappa shape index (κ1) is 14.6. The van der Waals surface area contributed by atoms with Crippen LogP contribution in [0.2, 0.25) is 0 Å². The Morgan fingerprint density at radius 1 is 1.50 bits per heavy atom. The molecule has 5 nitrogen and oxygen atoms in total. The van der Waals surface area contributed by atoms with Gasteiger partial charge in [0.25, 0.3) is 0 Å². The second-order valence-corrected chi connectivity index (χ2v) is 5.97. The molecule has 0 saturated carbocycles. The zero-order chi connectivity index (χ0) is 14.9. The van der Waals surface area contributed by atoms with Crippen LogP contribution in [-0.2, 0) is 0 Å². The quantitative estimate of drug-likeness (QED) is 0.384. The van der Waals surface area contributed by atoms with E-state index in [0.717, 1.165) is 35.7 Å². The van der Waals surface area contributed by atoms with E-state index in [1.807, 2.05) is 19.9 Å². The van der Waals surface area contributed by atoms with Crippen molar-refractivity contribution >= 4 is 11.5 Å². The van der Waals surface area contributed by atoms with Gasteiger partial charge in [-0.25, -0.2) is 0 Å². The molecule has 0 radical (unpaired) electrons. The number of nitrogens with zero attached hydrogens (tertiary/aromatic N) is 3. The second-order valence-electron chi connectivity index (χ2n) is 5.97. The lowest BCUT2D eigenvalue weighted by atomic mass is 9.95. The molecule has 20 heavy (non-hydrogen) atoms. The Bertz CT molecular complexity index is 525. The smallest absolute Gasteiger partial charge is 0.174 e. The SMILES string of the molecule is Cc1cc(N2CCC(C(C)C)C2)c(/C(N)=N/O)c(C)n1. The summed E-state index contributed by atoms with van der Waals surface area (Å²) in [4.78, 5) is 6.76. The molecule has 1 atom stereocenters. The Hall–Kier alpha value is -1.78. The van der Waals surface area contributed by atoms with Crippen molar-refractivity contribution < 1.29 is 5.21 Å². The lowest BCUT2D eigenvalue weighted by molar-refractivity contribution is 0.318. The van der Waals surface area contributed by atoms with Crippen molar-refractivity contribution in [2.45, 2.75) is 34.1 Å². The van der Waals surface area contributed by atoms with Crippen LogP contribution in [0.4, 0.5) is 5.69 Å². The molecule has 1 aliphatic heterocycles. The standard InChI is InChI=1S/C15H24N4O/c1-9(2)12-5-6-19(8-12)13-7-10(3)17-11(4)14(13)15(16)18-20/h7,9,12,20H,5-6,8H2,1-4H3,(H2,16,18). The molecule has 2 heterocycles. The maximum absolute atomic E-state index is 9.01. The van der Waals surface area contributed by atoms with Crippen LogP contribution in [0.1, 0.15) is 37.2 Å². The topological polar surface area (TPSA) is 74.7 Å². The van der Waals surface area contributed by atoms with Crippen molar-refractivity contribution in [2.24, 2.45) is 22.7 Å². The maximum atomic E-state index is 9.01. The minimum absolute atomic E-state index is 0.137. The van der Waals surface area contributed by atoms with Crippen molar-refractivity contribution in [3.63, 3.8) is 0 Å². The Morgan fingerprint density at radius 3 is 2.75 bits per heavy atom. The lowest BCUT2D eigenvalue weighted by Crippen LogP contribution is -2.26. The molecule has 0 bridgehead atoms. The van der Waals surface area contributed by atoms with Gasteiger partial charge >= 0.3 is 0 Å². The molecule has 1 fully saturated rings. The molecule has 5 heteroatoms. The van der Waals surface area contributed by atoms with Gasteiger partial charge in [-0.05, 0) is 38.2 Å². The number of aryl methyl sites for hydroxylation is 2. The highest BCUT2D eigenvalue weighted by Gasteiger charge is 2.28. The van der Waals surface area contributed by atoms with E-state index in [2.05, 4.69) is 28.9 Å².